The molecular formula is C20H20BrN5OS2. The molecule has 0 bridgehead atoms. The molecule has 0 spiro atoms. The Morgan fingerprint density at radius 1 is 1.24 bits per heavy atom. The van der Waals surface area contributed by atoms with Crippen molar-refractivity contribution in [1.82, 2.24) is 14.9 Å². The zero-order chi connectivity index (χ0) is 20.4. The number of nitrogen functional groups attached to an aromatic ring is 1. The average Bonchev–Trinajstić information content (AvgIpc) is 2.98. The van der Waals surface area contributed by atoms with Crippen LogP contribution in [0, 0.1) is 0 Å². The van der Waals surface area contributed by atoms with Crippen molar-refractivity contribution in [2.45, 2.75) is 28.6 Å². The topological polar surface area (TPSA) is 77.0 Å². The third-order valence-electron chi connectivity index (χ3n) is 4.65. The molecule has 1 aliphatic heterocycles. The van der Waals surface area contributed by atoms with Crippen LogP contribution in [0.25, 0.3) is 11.4 Å². The van der Waals surface area contributed by atoms with Gasteiger partial charge in [0.15, 0.2) is 5.82 Å². The summed E-state index contributed by atoms with van der Waals surface area (Å²) in [5, 5.41) is 9.37. The number of aromatic nitrogens is 3. The Balaban J connectivity index is 1.50. The second-order valence-corrected chi connectivity index (χ2v) is 9.95. The van der Waals surface area contributed by atoms with Gasteiger partial charge in [-0.15, -0.1) is 22.0 Å². The molecule has 0 saturated heterocycles. The first-order valence-electron chi connectivity index (χ1n) is 9.19. The zero-order valence-electron chi connectivity index (χ0n) is 15.8. The lowest BCUT2D eigenvalue weighted by atomic mass is 10.2. The molecule has 0 radical (unpaired) electrons. The minimum absolute atomic E-state index is 0.0441. The largest absolute Gasteiger partial charge is 0.335 e. The summed E-state index contributed by atoms with van der Waals surface area (Å²) in [4.78, 5) is 16.1. The van der Waals surface area contributed by atoms with Crippen LogP contribution in [0.2, 0.25) is 0 Å². The van der Waals surface area contributed by atoms with Gasteiger partial charge in [0, 0.05) is 26.7 Å². The van der Waals surface area contributed by atoms with E-state index in [0.29, 0.717) is 22.8 Å². The Hall–Kier alpha value is -1.97. The molecule has 1 unspecified atom stereocenters. The lowest BCUT2D eigenvalue weighted by Crippen LogP contribution is -2.33. The van der Waals surface area contributed by atoms with Gasteiger partial charge >= 0.3 is 0 Å². The molecule has 1 atom stereocenters. The van der Waals surface area contributed by atoms with Gasteiger partial charge in [-0.25, -0.2) is 4.68 Å². The van der Waals surface area contributed by atoms with Crippen LogP contribution in [0.1, 0.15) is 13.3 Å². The fourth-order valence-electron chi connectivity index (χ4n) is 3.15. The Morgan fingerprint density at radius 2 is 2.00 bits per heavy atom. The normalized spacial score (nSPS) is 16.3. The second-order valence-electron chi connectivity index (χ2n) is 6.67. The van der Waals surface area contributed by atoms with E-state index in [1.54, 1.807) is 0 Å². The van der Waals surface area contributed by atoms with Crippen LogP contribution in [-0.4, -0.2) is 38.3 Å². The maximum absolute atomic E-state index is 13.0. The first kappa shape index (κ1) is 20.3. The number of carbonyl (C=O) groups excluding carboxylic acids is 1. The molecule has 0 fully saturated rings. The Kier molecular flexibility index (Phi) is 6.17. The number of carbonyl (C=O) groups is 1. The first-order valence-corrected chi connectivity index (χ1v) is 11.8. The van der Waals surface area contributed by atoms with Gasteiger partial charge in [0.05, 0.1) is 11.4 Å². The van der Waals surface area contributed by atoms with Crippen LogP contribution < -0.4 is 10.7 Å². The highest BCUT2D eigenvalue weighted by molar-refractivity contribution is 9.10. The van der Waals surface area contributed by atoms with Crippen LogP contribution in [-0.2, 0) is 4.79 Å². The molecule has 1 aliphatic rings. The SMILES string of the molecule is CC1CCN(C(=O)CSc2nnc(-c3ccccc3Br)n2N)c2ccccc2S1. The Morgan fingerprint density at radius 3 is 2.83 bits per heavy atom. The zero-order valence-corrected chi connectivity index (χ0v) is 19.0. The van der Waals surface area contributed by atoms with Crippen LogP contribution in [0.15, 0.2) is 63.1 Å². The van der Waals surface area contributed by atoms with Gasteiger partial charge in [-0.05, 0) is 30.7 Å². The third kappa shape index (κ3) is 4.31. The van der Waals surface area contributed by atoms with Crippen LogP contribution in [0.3, 0.4) is 0 Å². The number of anilines is 1. The quantitative estimate of drug-likeness (QED) is 0.431. The van der Waals surface area contributed by atoms with E-state index in [2.05, 4.69) is 39.1 Å². The molecule has 2 heterocycles. The first-order chi connectivity index (χ1) is 14.0. The van der Waals surface area contributed by atoms with E-state index >= 15 is 0 Å². The van der Waals surface area contributed by atoms with Crippen LogP contribution in [0.4, 0.5) is 5.69 Å². The highest BCUT2D eigenvalue weighted by Crippen LogP contribution is 2.37. The summed E-state index contributed by atoms with van der Waals surface area (Å²) in [7, 11) is 0. The fourth-order valence-corrected chi connectivity index (χ4v) is 5.46. The molecule has 2 N–H and O–H groups in total. The number of halogens is 1. The van der Waals surface area contributed by atoms with Crippen molar-refractivity contribution < 1.29 is 4.79 Å². The van der Waals surface area contributed by atoms with Crippen molar-refractivity contribution in [1.29, 1.82) is 0 Å². The summed E-state index contributed by atoms with van der Waals surface area (Å²) >= 11 is 6.64. The molecule has 6 nitrogen and oxygen atoms in total. The molecule has 2 aromatic carbocycles. The van der Waals surface area contributed by atoms with Crippen molar-refractivity contribution in [3.05, 3.63) is 53.0 Å². The van der Waals surface area contributed by atoms with Crippen LogP contribution in [0.5, 0.6) is 0 Å². The Labute approximate surface area is 186 Å². The summed E-state index contributed by atoms with van der Waals surface area (Å²) in [5.74, 6) is 7.06. The van der Waals surface area contributed by atoms with E-state index in [0.717, 1.165) is 27.0 Å². The molecule has 0 saturated carbocycles. The number of benzene rings is 2. The number of rotatable bonds is 4. The molecule has 3 aromatic rings. The highest BCUT2D eigenvalue weighted by atomic mass is 79.9. The van der Waals surface area contributed by atoms with E-state index in [9.17, 15) is 4.79 Å². The number of amides is 1. The van der Waals surface area contributed by atoms with Gasteiger partial charge in [-0.1, -0.05) is 58.9 Å². The number of nitrogens with zero attached hydrogens (tertiary/aromatic N) is 4. The van der Waals surface area contributed by atoms with Gasteiger partial charge in [-0.2, -0.15) is 0 Å². The number of hydrogen-bond acceptors (Lipinski definition) is 6. The molecule has 0 aliphatic carbocycles. The summed E-state index contributed by atoms with van der Waals surface area (Å²) in [6, 6.07) is 15.8. The van der Waals surface area contributed by atoms with Gasteiger partial charge in [-0.3, -0.25) is 4.79 Å². The van der Waals surface area contributed by atoms with E-state index in [1.165, 1.54) is 16.4 Å². The van der Waals surface area contributed by atoms with E-state index in [1.807, 2.05) is 59.1 Å². The van der Waals surface area contributed by atoms with Gasteiger partial charge in [0.1, 0.15) is 0 Å². The molecule has 150 valence electrons. The van der Waals surface area contributed by atoms with Crippen molar-refractivity contribution >= 4 is 51.0 Å². The molecule has 1 aromatic heterocycles. The van der Waals surface area contributed by atoms with Crippen molar-refractivity contribution in [3.8, 4) is 11.4 Å². The number of hydrogen-bond donors (Lipinski definition) is 1. The van der Waals surface area contributed by atoms with Crippen LogP contribution >= 0.6 is 39.5 Å². The molecular weight excluding hydrogens is 470 g/mol. The van der Waals surface area contributed by atoms with Crippen molar-refractivity contribution in [3.63, 3.8) is 0 Å². The maximum Gasteiger partial charge on any atom is 0.237 e. The lowest BCUT2D eigenvalue weighted by molar-refractivity contribution is -0.116. The monoisotopic (exact) mass is 489 g/mol. The summed E-state index contributed by atoms with van der Waals surface area (Å²) < 4.78 is 2.33. The predicted molar refractivity (Wildman–Crippen MR) is 123 cm³/mol. The van der Waals surface area contributed by atoms with Crippen molar-refractivity contribution in [2.24, 2.45) is 0 Å². The molecule has 1 amide bonds. The highest BCUT2D eigenvalue weighted by Gasteiger charge is 2.25. The van der Waals surface area contributed by atoms with Gasteiger partial charge in [0.25, 0.3) is 0 Å². The number of para-hydroxylation sites is 1. The average molecular weight is 490 g/mol. The lowest BCUT2D eigenvalue weighted by Gasteiger charge is -2.22. The standard InChI is InChI=1S/C20H20BrN5OS2/c1-13-10-11-25(16-8-4-5-9-17(16)29-13)18(27)12-28-20-24-23-19(26(20)22)14-6-2-3-7-15(14)21/h2-9,13H,10-12,22H2,1H3. The minimum Gasteiger partial charge on any atom is -0.335 e. The summed E-state index contributed by atoms with van der Waals surface area (Å²) in [5.41, 5.74) is 1.84. The number of fused-ring (bicyclic) bond motifs is 1. The molecule has 9 heteroatoms. The van der Waals surface area contributed by atoms with Gasteiger partial charge < -0.3 is 10.7 Å². The van der Waals surface area contributed by atoms with E-state index in [-0.39, 0.29) is 11.7 Å². The minimum atomic E-state index is 0.0441. The molecule has 29 heavy (non-hydrogen) atoms. The number of thioether (sulfide) groups is 2. The summed E-state index contributed by atoms with van der Waals surface area (Å²) in [6.45, 7) is 2.91. The fraction of sp³-hybridized carbons (Fsp3) is 0.250. The predicted octanol–water partition coefficient (Wildman–Crippen LogP) is 4.43. The smallest absolute Gasteiger partial charge is 0.237 e. The van der Waals surface area contributed by atoms with E-state index < -0.39 is 0 Å². The Bertz CT molecular complexity index is 1040. The van der Waals surface area contributed by atoms with Crippen molar-refractivity contribution in [2.75, 3.05) is 23.0 Å². The third-order valence-corrected chi connectivity index (χ3v) is 7.51. The maximum atomic E-state index is 13.0. The number of nitrogens with two attached hydrogens (primary N) is 1. The van der Waals surface area contributed by atoms with Gasteiger partial charge in [0.2, 0.25) is 11.1 Å². The molecule has 4 rings (SSSR count). The summed E-state index contributed by atoms with van der Waals surface area (Å²) in [6.07, 6.45) is 0.953. The second kappa shape index (κ2) is 8.81. The van der Waals surface area contributed by atoms with E-state index in [4.69, 9.17) is 5.84 Å².